The van der Waals surface area contributed by atoms with Crippen LogP contribution in [0.4, 0.5) is 0 Å². The molecule has 2 N–H and O–H groups in total. The molecular formula is C17H13Cl2NS. The summed E-state index contributed by atoms with van der Waals surface area (Å²) in [5.74, 6) is 0. The second-order valence-corrected chi connectivity index (χ2v) is 6.58. The second-order valence-electron chi connectivity index (χ2n) is 4.65. The molecule has 0 heterocycles. The zero-order valence-electron chi connectivity index (χ0n) is 11.1. The summed E-state index contributed by atoms with van der Waals surface area (Å²) in [4.78, 5) is 2.10. The number of halogens is 2. The van der Waals surface area contributed by atoms with Gasteiger partial charge >= 0.3 is 0 Å². The van der Waals surface area contributed by atoms with Crippen LogP contribution in [0.15, 0.2) is 64.4 Å². The van der Waals surface area contributed by atoms with E-state index in [1.54, 1.807) is 17.8 Å². The maximum atomic E-state index is 6.26. The molecule has 0 amide bonds. The highest BCUT2D eigenvalue weighted by Crippen LogP contribution is 2.39. The Balaban J connectivity index is 2.11. The standard InChI is InChI=1S/C17H13Cl2NS/c18-12-6-7-15(19)17(9-12)21-16-8-5-11(10-20)13-3-1-2-4-14(13)16/h1-9H,10,20H2. The normalized spacial score (nSPS) is 11.0. The van der Waals surface area contributed by atoms with Gasteiger partial charge in [0.25, 0.3) is 0 Å². The van der Waals surface area contributed by atoms with Crippen molar-refractivity contribution in [1.29, 1.82) is 0 Å². The van der Waals surface area contributed by atoms with Crippen LogP contribution in [0.25, 0.3) is 10.8 Å². The topological polar surface area (TPSA) is 26.0 Å². The SMILES string of the molecule is NCc1ccc(Sc2cc(Cl)ccc2Cl)c2ccccc12. The summed E-state index contributed by atoms with van der Waals surface area (Å²) in [6, 6.07) is 17.9. The molecule has 106 valence electrons. The first-order valence-corrected chi connectivity index (χ1v) is 8.10. The Kier molecular flexibility index (Phi) is 4.41. The largest absolute Gasteiger partial charge is 0.326 e. The van der Waals surface area contributed by atoms with Gasteiger partial charge in [-0.15, -0.1) is 0 Å². The molecule has 21 heavy (non-hydrogen) atoms. The third kappa shape index (κ3) is 3.04. The van der Waals surface area contributed by atoms with Crippen LogP contribution in [-0.4, -0.2) is 0 Å². The van der Waals surface area contributed by atoms with Crippen LogP contribution in [0.5, 0.6) is 0 Å². The van der Waals surface area contributed by atoms with Crippen LogP contribution >= 0.6 is 35.0 Å². The van der Waals surface area contributed by atoms with Gasteiger partial charge in [-0.25, -0.2) is 0 Å². The molecule has 0 bridgehead atoms. The van der Waals surface area contributed by atoms with E-state index < -0.39 is 0 Å². The summed E-state index contributed by atoms with van der Waals surface area (Å²) in [5.41, 5.74) is 6.96. The molecule has 3 aromatic rings. The first-order chi connectivity index (χ1) is 10.2. The predicted octanol–water partition coefficient (Wildman–Crippen LogP) is 5.76. The molecule has 4 heteroatoms. The molecule has 0 saturated carbocycles. The van der Waals surface area contributed by atoms with Crippen LogP contribution < -0.4 is 5.73 Å². The summed E-state index contributed by atoms with van der Waals surface area (Å²) in [7, 11) is 0. The van der Waals surface area contributed by atoms with Gasteiger partial charge in [-0.3, -0.25) is 0 Å². The van der Waals surface area contributed by atoms with Crippen molar-refractivity contribution in [3.8, 4) is 0 Å². The highest BCUT2D eigenvalue weighted by molar-refractivity contribution is 7.99. The summed E-state index contributed by atoms with van der Waals surface area (Å²) >= 11 is 13.9. The maximum absolute atomic E-state index is 6.26. The molecule has 0 radical (unpaired) electrons. The van der Waals surface area contributed by atoms with E-state index in [9.17, 15) is 0 Å². The zero-order chi connectivity index (χ0) is 14.8. The van der Waals surface area contributed by atoms with Crippen molar-refractivity contribution in [2.45, 2.75) is 16.3 Å². The number of benzene rings is 3. The molecule has 3 rings (SSSR count). The van der Waals surface area contributed by atoms with Crippen LogP contribution in [-0.2, 0) is 6.54 Å². The highest BCUT2D eigenvalue weighted by Gasteiger charge is 2.09. The smallest absolute Gasteiger partial charge is 0.0546 e. The van der Waals surface area contributed by atoms with Gasteiger partial charge in [0.1, 0.15) is 0 Å². The second kappa shape index (κ2) is 6.29. The van der Waals surface area contributed by atoms with E-state index in [-0.39, 0.29) is 0 Å². The predicted molar refractivity (Wildman–Crippen MR) is 92.4 cm³/mol. The lowest BCUT2D eigenvalue weighted by molar-refractivity contribution is 1.08. The van der Waals surface area contributed by atoms with Gasteiger partial charge in [0.2, 0.25) is 0 Å². The molecule has 0 aliphatic rings. The fourth-order valence-corrected chi connectivity index (χ4v) is 3.76. The van der Waals surface area contributed by atoms with E-state index >= 15 is 0 Å². The summed E-state index contributed by atoms with van der Waals surface area (Å²) in [6.45, 7) is 0.531. The lowest BCUT2D eigenvalue weighted by Crippen LogP contribution is -1.97. The van der Waals surface area contributed by atoms with E-state index in [0.717, 1.165) is 15.4 Å². The fourth-order valence-electron chi connectivity index (χ4n) is 2.27. The Labute approximate surface area is 138 Å². The van der Waals surface area contributed by atoms with Gasteiger partial charge in [-0.2, -0.15) is 0 Å². The molecule has 0 fully saturated rings. The van der Waals surface area contributed by atoms with Crippen molar-refractivity contribution >= 4 is 45.7 Å². The Morgan fingerprint density at radius 3 is 2.38 bits per heavy atom. The van der Waals surface area contributed by atoms with Gasteiger partial charge in [-0.05, 0) is 40.6 Å². The molecule has 0 aliphatic heterocycles. The first kappa shape index (κ1) is 14.7. The molecule has 0 aromatic heterocycles. The number of hydrogen-bond donors (Lipinski definition) is 1. The molecule has 1 nitrogen and oxygen atoms in total. The lowest BCUT2D eigenvalue weighted by atomic mass is 10.0. The van der Waals surface area contributed by atoms with Gasteiger partial charge in [0, 0.05) is 21.4 Å². The molecule has 0 aliphatic carbocycles. The van der Waals surface area contributed by atoms with Crippen LogP contribution in [0.1, 0.15) is 5.56 Å². The molecule has 0 unspecified atom stereocenters. The molecule has 3 aromatic carbocycles. The van der Waals surface area contributed by atoms with E-state index in [1.165, 1.54) is 10.8 Å². The zero-order valence-corrected chi connectivity index (χ0v) is 13.5. The van der Waals surface area contributed by atoms with Crippen molar-refractivity contribution in [2.75, 3.05) is 0 Å². The van der Waals surface area contributed by atoms with Crippen LogP contribution in [0.2, 0.25) is 10.0 Å². The Hall–Kier alpha value is -1.19. The summed E-state index contributed by atoms with van der Waals surface area (Å²) in [6.07, 6.45) is 0. The maximum Gasteiger partial charge on any atom is 0.0546 e. The minimum Gasteiger partial charge on any atom is -0.326 e. The Bertz CT molecular complexity index is 802. The lowest BCUT2D eigenvalue weighted by Gasteiger charge is -2.11. The van der Waals surface area contributed by atoms with E-state index in [1.807, 2.05) is 24.3 Å². The summed E-state index contributed by atoms with van der Waals surface area (Å²) in [5, 5.41) is 3.76. The highest BCUT2D eigenvalue weighted by atomic mass is 35.5. The number of fused-ring (bicyclic) bond motifs is 1. The Morgan fingerprint density at radius 2 is 1.62 bits per heavy atom. The quantitative estimate of drug-likeness (QED) is 0.659. The van der Waals surface area contributed by atoms with E-state index in [4.69, 9.17) is 28.9 Å². The van der Waals surface area contributed by atoms with Gasteiger partial charge < -0.3 is 5.73 Å². The third-order valence-corrected chi connectivity index (χ3v) is 5.12. The van der Waals surface area contributed by atoms with Crippen molar-refractivity contribution < 1.29 is 0 Å². The van der Waals surface area contributed by atoms with Gasteiger partial charge in [0.15, 0.2) is 0 Å². The number of nitrogens with two attached hydrogens (primary N) is 1. The van der Waals surface area contributed by atoms with E-state index in [0.29, 0.717) is 16.6 Å². The van der Waals surface area contributed by atoms with Crippen molar-refractivity contribution in [1.82, 2.24) is 0 Å². The molecule has 0 atom stereocenters. The molecular weight excluding hydrogens is 321 g/mol. The third-order valence-electron chi connectivity index (χ3n) is 3.31. The van der Waals surface area contributed by atoms with E-state index in [2.05, 4.69) is 24.3 Å². The minimum absolute atomic E-state index is 0.531. The molecule has 0 spiro atoms. The fraction of sp³-hybridized carbons (Fsp3) is 0.0588. The van der Waals surface area contributed by atoms with Crippen LogP contribution in [0, 0.1) is 0 Å². The first-order valence-electron chi connectivity index (χ1n) is 6.52. The van der Waals surface area contributed by atoms with Crippen molar-refractivity contribution in [2.24, 2.45) is 5.73 Å². The average molecular weight is 334 g/mol. The minimum atomic E-state index is 0.531. The van der Waals surface area contributed by atoms with Crippen molar-refractivity contribution in [3.63, 3.8) is 0 Å². The summed E-state index contributed by atoms with van der Waals surface area (Å²) < 4.78 is 0. The number of rotatable bonds is 3. The van der Waals surface area contributed by atoms with Gasteiger partial charge in [0.05, 0.1) is 5.02 Å². The van der Waals surface area contributed by atoms with Gasteiger partial charge in [-0.1, -0.05) is 65.3 Å². The number of hydrogen-bond acceptors (Lipinski definition) is 2. The molecule has 0 saturated heterocycles. The monoisotopic (exact) mass is 333 g/mol. The average Bonchev–Trinajstić information content (AvgIpc) is 2.51. The Morgan fingerprint density at radius 1 is 0.857 bits per heavy atom. The van der Waals surface area contributed by atoms with Crippen molar-refractivity contribution in [3.05, 3.63) is 70.2 Å². The van der Waals surface area contributed by atoms with Crippen LogP contribution in [0.3, 0.4) is 0 Å².